The van der Waals surface area contributed by atoms with E-state index in [4.69, 9.17) is 9.47 Å². The van der Waals surface area contributed by atoms with Crippen molar-refractivity contribution in [2.45, 2.75) is 12.3 Å². The van der Waals surface area contributed by atoms with E-state index in [1.54, 1.807) is 44.2 Å². The lowest BCUT2D eigenvalue weighted by molar-refractivity contribution is 0.216. The van der Waals surface area contributed by atoms with Gasteiger partial charge in [-0.15, -0.1) is 11.8 Å². The van der Waals surface area contributed by atoms with Gasteiger partial charge in [-0.05, 0) is 19.1 Å². The second-order valence-corrected chi connectivity index (χ2v) is 5.59. The number of carbonyl (C=O) groups excluding carboxylic acids is 1. The van der Waals surface area contributed by atoms with Gasteiger partial charge in [0.05, 0.1) is 19.6 Å². The molecule has 1 heterocycles. The van der Waals surface area contributed by atoms with E-state index in [1.807, 2.05) is 11.8 Å². The third kappa shape index (κ3) is 3.07. The molecule has 5 nitrogen and oxygen atoms in total. The molecule has 104 valence electrons. The highest BCUT2D eigenvalue weighted by Crippen LogP contribution is 2.30. The van der Waals surface area contributed by atoms with Crippen molar-refractivity contribution >= 4 is 23.5 Å². The Labute approximate surface area is 117 Å². The Kier molecular flexibility index (Phi) is 4.42. The van der Waals surface area contributed by atoms with Crippen LogP contribution >= 0.6 is 11.8 Å². The van der Waals surface area contributed by atoms with Crippen molar-refractivity contribution in [2.24, 2.45) is 0 Å². The number of anilines is 1. The maximum Gasteiger partial charge on any atom is 0.322 e. The Morgan fingerprint density at radius 2 is 2.11 bits per heavy atom. The predicted octanol–water partition coefficient (Wildman–Crippen LogP) is 2.63. The number of benzene rings is 1. The first-order valence-electron chi connectivity index (χ1n) is 6.07. The molecule has 0 saturated carbocycles. The Morgan fingerprint density at radius 1 is 1.37 bits per heavy atom. The molecule has 1 aromatic carbocycles. The predicted molar refractivity (Wildman–Crippen MR) is 77.2 cm³/mol. The Morgan fingerprint density at radius 3 is 2.68 bits per heavy atom. The number of hydrogen-bond acceptors (Lipinski definition) is 4. The van der Waals surface area contributed by atoms with Gasteiger partial charge in [-0.25, -0.2) is 4.79 Å². The summed E-state index contributed by atoms with van der Waals surface area (Å²) in [5.74, 6) is 2.23. The molecule has 1 unspecified atom stereocenters. The van der Waals surface area contributed by atoms with E-state index in [-0.39, 0.29) is 11.4 Å². The number of carbonyl (C=O) groups is 1. The van der Waals surface area contributed by atoms with Gasteiger partial charge in [0.25, 0.3) is 0 Å². The molecular weight excluding hydrogens is 264 g/mol. The van der Waals surface area contributed by atoms with E-state index >= 15 is 0 Å². The second-order valence-electron chi connectivity index (χ2n) is 4.16. The molecule has 6 heteroatoms. The summed E-state index contributed by atoms with van der Waals surface area (Å²) in [6.07, 6.45) is 0. The fourth-order valence-corrected chi connectivity index (χ4v) is 2.99. The van der Waals surface area contributed by atoms with E-state index in [2.05, 4.69) is 5.32 Å². The zero-order chi connectivity index (χ0) is 13.8. The van der Waals surface area contributed by atoms with Crippen LogP contribution in [0, 0.1) is 0 Å². The van der Waals surface area contributed by atoms with Crippen LogP contribution in [0.5, 0.6) is 11.5 Å². The van der Waals surface area contributed by atoms with Gasteiger partial charge in [-0.1, -0.05) is 0 Å². The highest BCUT2D eigenvalue weighted by molar-refractivity contribution is 8.00. The van der Waals surface area contributed by atoms with Gasteiger partial charge in [0, 0.05) is 24.1 Å². The quantitative estimate of drug-likeness (QED) is 0.926. The number of amides is 2. The molecule has 1 fully saturated rings. The van der Waals surface area contributed by atoms with E-state index in [0.717, 1.165) is 12.3 Å². The fourth-order valence-electron chi connectivity index (χ4n) is 1.97. The van der Waals surface area contributed by atoms with Crippen molar-refractivity contribution in [3.8, 4) is 11.5 Å². The maximum absolute atomic E-state index is 12.1. The molecule has 1 aliphatic rings. The average molecular weight is 282 g/mol. The second kappa shape index (κ2) is 6.06. The van der Waals surface area contributed by atoms with Gasteiger partial charge < -0.3 is 19.7 Å². The molecule has 2 amide bonds. The number of ether oxygens (including phenoxy) is 2. The number of nitrogens with one attached hydrogen (secondary N) is 1. The molecular formula is C13H18N2O3S. The Hall–Kier alpha value is -1.56. The lowest BCUT2D eigenvalue weighted by Crippen LogP contribution is -2.36. The number of rotatable bonds is 3. The molecule has 1 saturated heterocycles. The van der Waals surface area contributed by atoms with Crippen molar-refractivity contribution in [3.05, 3.63) is 18.2 Å². The SMILES string of the molecule is COc1ccc(NC(=O)N2CCSC2C)cc1OC. The highest BCUT2D eigenvalue weighted by atomic mass is 32.2. The number of thioether (sulfide) groups is 1. The summed E-state index contributed by atoms with van der Waals surface area (Å²) < 4.78 is 10.4. The van der Waals surface area contributed by atoms with Crippen molar-refractivity contribution in [1.29, 1.82) is 0 Å². The van der Waals surface area contributed by atoms with Crippen LogP contribution in [0.15, 0.2) is 18.2 Å². The van der Waals surface area contributed by atoms with Crippen molar-refractivity contribution < 1.29 is 14.3 Å². The third-order valence-electron chi connectivity index (χ3n) is 3.03. The molecule has 0 bridgehead atoms. The lowest BCUT2D eigenvalue weighted by atomic mass is 10.2. The highest BCUT2D eigenvalue weighted by Gasteiger charge is 2.25. The van der Waals surface area contributed by atoms with Crippen LogP contribution in [0.25, 0.3) is 0 Å². The zero-order valence-corrected chi connectivity index (χ0v) is 12.1. The molecule has 2 rings (SSSR count). The summed E-state index contributed by atoms with van der Waals surface area (Å²) in [4.78, 5) is 13.9. The molecule has 1 atom stereocenters. The van der Waals surface area contributed by atoms with Crippen LogP contribution in [0.1, 0.15) is 6.92 Å². The van der Waals surface area contributed by atoms with E-state index in [9.17, 15) is 4.79 Å². The fraction of sp³-hybridized carbons (Fsp3) is 0.462. The van der Waals surface area contributed by atoms with Crippen LogP contribution in [-0.4, -0.2) is 42.8 Å². The minimum absolute atomic E-state index is 0.0790. The first-order chi connectivity index (χ1) is 9.15. The topological polar surface area (TPSA) is 50.8 Å². The van der Waals surface area contributed by atoms with Gasteiger partial charge >= 0.3 is 6.03 Å². The summed E-state index contributed by atoms with van der Waals surface area (Å²) >= 11 is 1.78. The van der Waals surface area contributed by atoms with Gasteiger partial charge in [0.1, 0.15) is 0 Å². The van der Waals surface area contributed by atoms with E-state index in [0.29, 0.717) is 17.2 Å². The van der Waals surface area contributed by atoms with Crippen LogP contribution in [0.4, 0.5) is 10.5 Å². The van der Waals surface area contributed by atoms with Crippen molar-refractivity contribution in [3.63, 3.8) is 0 Å². The largest absolute Gasteiger partial charge is 0.493 e. The summed E-state index contributed by atoms with van der Waals surface area (Å²) in [7, 11) is 3.15. The smallest absolute Gasteiger partial charge is 0.322 e. The molecule has 1 aliphatic heterocycles. The van der Waals surface area contributed by atoms with Crippen molar-refractivity contribution in [2.75, 3.05) is 31.8 Å². The molecule has 1 aromatic rings. The summed E-state index contributed by atoms with van der Waals surface area (Å²) in [5, 5.41) is 3.10. The average Bonchev–Trinajstić information content (AvgIpc) is 2.85. The lowest BCUT2D eigenvalue weighted by Gasteiger charge is -2.21. The molecule has 0 aromatic heterocycles. The molecule has 0 aliphatic carbocycles. The number of methoxy groups -OCH3 is 2. The molecule has 1 N–H and O–H groups in total. The van der Waals surface area contributed by atoms with Gasteiger partial charge in [-0.3, -0.25) is 0 Å². The number of hydrogen-bond donors (Lipinski definition) is 1. The van der Waals surface area contributed by atoms with Gasteiger partial charge in [0.2, 0.25) is 0 Å². The molecule has 19 heavy (non-hydrogen) atoms. The Balaban J connectivity index is 2.08. The van der Waals surface area contributed by atoms with E-state index < -0.39 is 0 Å². The third-order valence-corrected chi connectivity index (χ3v) is 4.18. The zero-order valence-electron chi connectivity index (χ0n) is 11.3. The van der Waals surface area contributed by atoms with Crippen LogP contribution in [0.2, 0.25) is 0 Å². The minimum Gasteiger partial charge on any atom is -0.493 e. The minimum atomic E-state index is -0.0790. The summed E-state index contributed by atoms with van der Waals surface area (Å²) in [6, 6.07) is 5.25. The maximum atomic E-state index is 12.1. The number of urea groups is 1. The standard InChI is InChI=1S/C13H18N2O3S/c1-9-15(6-7-19-9)13(16)14-10-4-5-11(17-2)12(8-10)18-3/h4-5,8-9H,6-7H2,1-3H3,(H,14,16). The first-order valence-corrected chi connectivity index (χ1v) is 7.12. The molecule has 0 spiro atoms. The Bertz CT molecular complexity index is 467. The molecule has 0 radical (unpaired) electrons. The summed E-state index contributed by atoms with van der Waals surface area (Å²) in [5.41, 5.74) is 0.701. The van der Waals surface area contributed by atoms with E-state index in [1.165, 1.54) is 0 Å². The van der Waals surface area contributed by atoms with Crippen LogP contribution in [-0.2, 0) is 0 Å². The summed E-state index contributed by atoms with van der Waals surface area (Å²) in [6.45, 7) is 2.82. The normalized spacial score (nSPS) is 18.3. The van der Waals surface area contributed by atoms with Gasteiger partial charge in [0.15, 0.2) is 11.5 Å². The van der Waals surface area contributed by atoms with Crippen molar-refractivity contribution in [1.82, 2.24) is 4.90 Å². The van der Waals surface area contributed by atoms with Gasteiger partial charge in [-0.2, -0.15) is 0 Å². The van der Waals surface area contributed by atoms with Crippen LogP contribution in [0.3, 0.4) is 0 Å². The number of nitrogens with zero attached hydrogens (tertiary/aromatic N) is 1. The first kappa shape index (κ1) is 13.9. The monoisotopic (exact) mass is 282 g/mol. The van der Waals surface area contributed by atoms with Crippen LogP contribution < -0.4 is 14.8 Å².